The molecule has 0 aliphatic carbocycles. The van der Waals surface area contributed by atoms with Crippen LogP contribution in [-0.4, -0.2) is 81.6 Å². The first-order valence-electron chi connectivity index (χ1n) is 11.7. The van der Waals surface area contributed by atoms with E-state index >= 15 is 0 Å². The van der Waals surface area contributed by atoms with Crippen LogP contribution >= 0.6 is 0 Å². The first kappa shape index (κ1) is 23.9. The summed E-state index contributed by atoms with van der Waals surface area (Å²) in [6.07, 6.45) is 5.74. The topological polar surface area (TPSA) is 127 Å². The van der Waals surface area contributed by atoms with Crippen LogP contribution in [0.1, 0.15) is 56.1 Å². The first-order chi connectivity index (χ1) is 16.1. The highest BCUT2D eigenvalue weighted by Crippen LogP contribution is 2.28. The van der Waals surface area contributed by atoms with Crippen molar-refractivity contribution in [3.63, 3.8) is 0 Å². The van der Waals surface area contributed by atoms with Gasteiger partial charge in [0.05, 0.1) is 11.3 Å². The Morgan fingerprint density at radius 1 is 1.21 bits per heavy atom. The number of fused-ring (bicyclic) bond motifs is 1. The van der Waals surface area contributed by atoms with Crippen molar-refractivity contribution in [2.75, 3.05) is 38.5 Å². The van der Waals surface area contributed by atoms with Crippen molar-refractivity contribution in [1.29, 1.82) is 0 Å². The predicted octanol–water partition coefficient (Wildman–Crippen LogP) is 2.65. The van der Waals surface area contributed by atoms with Gasteiger partial charge in [-0.15, -0.1) is 0 Å². The molecule has 1 fully saturated rings. The number of anilines is 1. The Bertz CT molecular complexity index is 1130. The molecule has 0 radical (unpaired) electrons. The summed E-state index contributed by atoms with van der Waals surface area (Å²) < 4.78 is 5.54. The van der Waals surface area contributed by atoms with Gasteiger partial charge in [0.1, 0.15) is 23.0 Å². The molecule has 0 spiro atoms. The van der Waals surface area contributed by atoms with E-state index in [0.29, 0.717) is 41.2 Å². The highest BCUT2D eigenvalue weighted by Gasteiger charge is 2.28. The van der Waals surface area contributed by atoms with Crippen molar-refractivity contribution in [1.82, 2.24) is 24.8 Å². The smallest absolute Gasteiger partial charge is 0.410 e. The summed E-state index contributed by atoms with van der Waals surface area (Å²) in [5.74, 6) is -0.0282. The van der Waals surface area contributed by atoms with E-state index < -0.39 is 11.5 Å². The van der Waals surface area contributed by atoms with Gasteiger partial charge >= 0.3 is 6.09 Å². The molecule has 10 nitrogen and oxygen atoms in total. The molecule has 2 amide bonds. The summed E-state index contributed by atoms with van der Waals surface area (Å²) in [7, 11) is 2.07. The van der Waals surface area contributed by atoms with Crippen molar-refractivity contribution in [3.8, 4) is 0 Å². The van der Waals surface area contributed by atoms with Crippen molar-refractivity contribution < 1.29 is 14.3 Å². The number of likely N-dealkylation sites (tertiary alicyclic amines) is 1. The molecule has 2 aromatic heterocycles. The molecule has 2 aliphatic rings. The standard InChI is InChI=1S/C24H33N7O3/c1-24(2,3)34-23(33)31-9-5-6-16(13-31)28-22-20-19(26-14-27-22)17(21(25)32)12-18(29-20)15-7-10-30(4)11-8-15/h7,12,14,16H,5-6,8-11,13H2,1-4H3,(H2,25,32)(H,26,27,28)/t16-/m0/s1. The van der Waals surface area contributed by atoms with Crippen LogP contribution < -0.4 is 11.1 Å². The van der Waals surface area contributed by atoms with Gasteiger partial charge in [-0.05, 0) is 58.7 Å². The minimum absolute atomic E-state index is 0.0376. The second-order valence-corrected chi connectivity index (χ2v) is 9.99. The van der Waals surface area contributed by atoms with Gasteiger partial charge in [-0.3, -0.25) is 4.79 Å². The summed E-state index contributed by atoms with van der Waals surface area (Å²) in [6, 6.07) is 1.69. The highest BCUT2D eigenvalue weighted by molar-refractivity contribution is 6.06. The minimum atomic E-state index is -0.555. The lowest BCUT2D eigenvalue weighted by Crippen LogP contribution is -2.47. The van der Waals surface area contributed by atoms with E-state index in [1.165, 1.54) is 6.33 Å². The number of pyridine rings is 1. The molecule has 34 heavy (non-hydrogen) atoms. The van der Waals surface area contributed by atoms with Crippen LogP contribution in [0.25, 0.3) is 16.6 Å². The van der Waals surface area contributed by atoms with Crippen LogP contribution in [0.4, 0.5) is 10.6 Å². The van der Waals surface area contributed by atoms with Gasteiger partial charge in [0.25, 0.3) is 5.91 Å². The van der Waals surface area contributed by atoms with Crippen LogP contribution in [0.15, 0.2) is 18.5 Å². The number of piperidine rings is 1. The Morgan fingerprint density at radius 2 is 2.00 bits per heavy atom. The van der Waals surface area contributed by atoms with Gasteiger partial charge in [-0.1, -0.05) is 6.08 Å². The molecule has 0 aromatic carbocycles. The Morgan fingerprint density at radius 3 is 2.68 bits per heavy atom. The summed E-state index contributed by atoms with van der Waals surface area (Å²) >= 11 is 0. The van der Waals surface area contributed by atoms with E-state index in [1.54, 1.807) is 11.0 Å². The number of carbonyl (C=O) groups excluding carboxylic acids is 2. The van der Waals surface area contributed by atoms with Crippen molar-refractivity contribution in [2.45, 2.75) is 51.7 Å². The maximum Gasteiger partial charge on any atom is 0.410 e. The number of aromatic nitrogens is 3. The van der Waals surface area contributed by atoms with E-state index in [2.05, 4.69) is 33.3 Å². The van der Waals surface area contributed by atoms with E-state index in [1.807, 2.05) is 20.8 Å². The quantitative estimate of drug-likeness (QED) is 0.703. The molecule has 2 aromatic rings. The molecule has 4 rings (SSSR count). The lowest BCUT2D eigenvalue weighted by atomic mass is 10.0. The lowest BCUT2D eigenvalue weighted by Gasteiger charge is -2.34. The van der Waals surface area contributed by atoms with Crippen LogP contribution in [0.3, 0.4) is 0 Å². The molecular weight excluding hydrogens is 434 g/mol. The fourth-order valence-electron chi connectivity index (χ4n) is 4.28. The molecule has 2 aliphatic heterocycles. The number of nitrogens with zero attached hydrogens (tertiary/aromatic N) is 5. The molecule has 0 saturated carbocycles. The summed E-state index contributed by atoms with van der Waals surface area (Å²) in [6.45, 7) is 8.44. The molecule has 1 saturated heterocycles. The number of hydrogen-bond acceptors (Lipinski definition) is 8. The zero-order chi connectivity index (χ0) is 24.5. The van der Waals surface area contributed by atoms with Crippen LogP contribution in [0.2, 0.25) is 0 Å². The largest absolute Gasteiger partial charge is 0.444 e. The average Bonchev–Trinajstić information content (AvgIpc) is 2.78. The van der Waals surface area contributed by atoms with E-state index in [-0.39, 0.29) is 12.1 Å². The summed E-state index contributed by atoms with van der Waals surface area (Å²) in [4.78, 5) is 42.3. The Kier molecular flexibility index (Phi) is 6.70. The second-order valence-electron chi connectivity index (χ2n) is 9.99. The van der Waals surface area contributed by atoms with Gasteiger partial charge in [0.15, 0.2) is 5.82 Å². The maximum absolute atomic E-state index is 12.6. The van der Waals surface area contributed by atoms with Gasteiger partial charge in [0, 0.05) is 32.2 Å². The fourth-order valence-corrected chi connectivity index (χ4v) is 4.28. The minimum Gasteiger partial charge on any atom is -0.444 e. The third-order valence-electron chi connectivity index (χ3n) is 6.01. The Hall–Kier alpha value is -3.27. The number of hydrogen-bond donors (Lipinski definition) is 2. The zero-order valence-corrected chi connectivity index (χ0v) is 20.3. The summed E-state index contributed by atoms with van der Waals surface area (Å²) in [5, 5.41) is 3.43. The number of rotatable bonds is 4. The number of likely N-dealkylation sites (N-methyl/N-ethyl adjacent to an activating group) is 1. The first-order valence-corrected chi connectivity index (χ1v) is 11.7. The molecule has 4 heterocycles. The van der Waals surface area contributed by atoms with Crippen molar-refractivity contribution in [2.24, 2.45) is 5.73 Å². The van der Waals surface area contributed by atoms with Crippen molar-refractivity contribution in [3.05, 3.63) is 29.7 Å². The van der Waals surface area contributed by atoms with Gasteiger partial charge < -0.3 is 25.6 Å². The van der Waals surface area contributed by atoms with Crippen LogP contribution in [-0.2, 0) is 4.74 Å². The van der Waals surface area contributed by atoms with Gasteiger partial charge in [-0.25, -0.2) is 19.7 Å². The SMILES string of the molecule is CN1CC=C(c2cc(C(N)=O)c3ncnc(N[C@H]4CCCN(C(=O)OC(C)(C)C)C4)c3n2)CC1. The van der Waals surface area contributed by atoms with E-state index in [9.17, 15) is 9.59 Å². The molecule has 3 N–H and O–H groups in total. The third kappa shape index (κ3) is 5.44. The Labute approximate surface area is 199 Å². The number of nitrogens with two attached hydrogens (primary N) is 1. The van der Waals surface area contributed by atoms with Crippen molar-refractivity contribution >= 4 is 34.4 Å². The fraction of sp³-hybridized carbons (Fsp3) is 0.542. The monoisotopic (exact) mass is 467 g/mol. The lowest BCUT2D eigenvalue weighted by molar-refractivity contribution is 0.0206. The second kappa shape index (κ2) is 9.54. The number of amides is 2. The molecular formula is C24H33N7O3. The number of ether oxygens (including phenoxy) is 1. The molecule has 0 unspecified atom stereocenters. The highest BCUT2D eigenvalue weighted by atomic mass is 16.6. The van der Waals surface area contributed by atoms with E-state index in [4.69, 9.17) is 15.5 Å². The van der Waals surface area contributed by atoms with Gasteiger partial charge in [0.2, 0.25) is 0 Å². The molecule has 182 valence electrons. The third-order valence-corrected chi connectivity index (χ3v) is 6.01. The summed E-state index contributed by atoms with van der Waals surface area (Å²) in [5.41, 5.74) is 8.19. The zero-order valence-electron chi connectivity index (χ0n) is 20.3. The number of primary amides is 1. The molecule has 10 heteroatoms. The molecule has 1 atom stereocenters. The normalized spacial score (nSPS) is 19.6. The average molecular weight is 468 g/mol. The van der Waals surface area contributed by atoms with Crippen LogP contribution in [0, 0.1) is 0 Å². The van der Waals surface area contributed by atoms with Gasteiger partial charge in [-0.2, -0.15) is 0 Å². The molecule has 0 bridgehead atoms. The maximum atomic E-state index is 12.6. The van der Waals surface area contributed by atoms with Crippen LogP contribution in [0.5, 0.6) is 0 Å². The Balaban J connectivity index is 1.64. The number of carbonyl (C=O) groups is 2. The number of nitrogens with one attached hydrogen (secondary N) is 1. The predicted molar refractivity (Wildman–Crippen MR) is 130 cm³/mol. The van der Waals surface area contributed by atoms with E-state index in [0.717, 1.165) is 37.9 Å².